The molecular weight excluding hydrogens is 364 g/mol. The summed E-state index contributed by atoms with van der Waals surface area (Å²) in [6.07, 6.45) is 2.56. The predicted molar refractivity (Wildman–Crippen MR) is 117 cm³/mol. The van der Waals surface area contributed by atoms with E-state index in [0.29, 0.717) is 12.2 Å². The molecule has 29 heavy (non-hydrogen) atoms. The average Bonchev–Trinajstić information content (AvgIpc) is 3.01. The van der Waals surface area contributed by atoms with Crippen LogP contribution >= 0.6 is 0 Å². The molecule has 0 radical (unpaired) electrons. The Labute approximate surface area is 172 Å². The molecule has 0 saturated heterocycles. The maximum Gasteiger partial charge on any atom is 0.319 e. The molecule has 3 aromatic rings. The lowest BCUT2D eigenvalue weighted by Gasteiger charge is -2.30. The molecule has 7 heteroatoms. The molecule has 0 spiro atoms. The van der Waals surface area contributed by atoms with Crippen LogP contribution in [0.1, 0.15) is 25.1 Å². The van der Waals surface area contributed by atoms with E-state index in [9.17, 15) is 4.79 Å². The maximum atomic E-state index is 12.5. The van der Waals surface area contributed by atoms with Crippen LogP contribution in [0.3, 0.4) is 0 Å². The fourth-order valence-electron chi connectivity index (χ4n) is 3.72. The number of hydrogen-bond acceptors (Lipinski definition) is 4. The van der Waals surface area contributed by atoms with Crippen molar-refractivity contribution in [3.05, 3.63) is 53.9 Å². The molecule has 2 aromatic heterocycles. The molecule has 0 fully saturated rings. The van der Waals surface area contributed by atoms with E-state index in [2.05, 4.69) is 63.7 Å². The minimum Gasteiger partial charge on any atom is -0.336 e. The number of carbonyl (C=O) groups excluding carboxylic acids is 1. The number of amides is 2. The van der Waals surface area contributed by atoms with Gasteiger partial charge in [-0.05, 0) is 38.1 Å². The second kappa shape index (κ2) is 9.52. The van der Waals surface area contributed by atoms with E-state index in [-0.39, 0.29) is 12.1 Å². The van der Waals surface area contributed by atoms with Crippen molar-refractivity contribution >= 4 is 22.8 Å². The smallest absolute Gasteiger partial charge is 0.319 e. The summed E-state index contributed by atoms with van der Waals surface area (Å²) >= 11 is 0. The number of hydrogen-bond donors (Lipinski definition) is 2. The van der Waals surface area contributed by atoms with Crippen LogP contribution in [-0.2, 0) is 13.5 Å². The van der Waals surface area contributed by atoms with Gasteiger partial charge in [0.05, 0.1) is 17.6 Å². The molecule has 0 unspecified atom stereocenters. The molecule has 0 aliphatic rings. The van der Waals surface area contributed by atoms with Gasteiger partial charge in [0.1, 0.15) is 0 Å². The first-order chi connectivity index (χ1) is 14.0. The number of aryl methyl sites for hydroxylation is 2. The van der Waals surface area contributed by atoms with Crippen molar-refractivity contribution in [2.24, 2.45) is 7.05 Å². The van der Waals surface area contributed by atoms with Gasteiger partial charge in [0.25, 0.3) is 0 Å². The van der Waals surface area contributed by atoms with E-state index < -0.39 is 0 Å². The number of fused-ring (bicyclic) bond motifs is 1. The van der Waals surface area contributed by atoms with Crippen molar-refractivity contribution < 1.29 is 4.79 Å². The number of benzene rings is 1. The van der Waals surface area contributed by atoms with Crippen molar-refractivity contribution in [2.45, 2.75) is 33.2 Å². The zero-order valence-corrected chi connectivity index (χ0v) is 17.6. The number of nitrogens with one attached hydrogen (secondary N) is 2. The summed E-state index contributed by atoms with van der Waals surface area (Å²) in [7, 11) is 1.86. The van der Waals surface area contributed by atoms with Crippen LogP contribution in [0, 0.1) is 6.92 Å². The van der Waals surface area contributed by atoms with Crippen LogP contribution in [0.5, 0.6) is 0 Å². The number of rotatable bonds is 8. The fourth-order valence-corrected chi connectivity index (χ4v) is 3.72. The first-order valence-electron chi connectivity index (χ1n) is 10.1. The maximum absolute atomic E-state index is 12.5. The zero-order chi connectivity index (χ0) is 20.8. The summed E-state index contributed by atoms with van der Waals surface area (Å²) in [6.45, 7) is 8.70. The second-order valence-electron chi connectivity index (χ2n) is 7.20. The van der Waals surface area contributed by atoms with Gasteiger partial charge in [0.15, 0.2) is 5.65 Å². The highest BCUT2D eigenvalue weighted by atomic mass is 16.2. The van der Waals surface area contributed by atoms with Crippen LogP contribution < -0.4 is 10.6 Å². The summed E-state index contributed by atoms with van der Waals surface area (Å²) in [5.41, 5.74) is 3.63. The Kier molecular flexibility index (Phi) is 6.82. The van der Waals surface area contributed by atoms with Gasteiger partial charge < -0.3 is 10.6 Å². The van der Waals surface area contributed by atoms with Crippen LogP contribution in [0.25, 0.3) is 11.0 Å². The fraction of sp³-hybridized carbons (Fsp3) is 0.409. The monoisotopic (exact) mass is 394 g/mol. The number of pyridine rings is 1. The van der Waals surface area contributed by atoms with Crippen molar-refractivity contribution in [2.75, 3.05) is 25.0 Å². The van der Waals surface area contributed by atoms with Crippen LogP contribution in [-0.4, -0.2) is 51.4 Å². The molecule has 7 nitrogen and oxygen atoms in total. The zero-order valence-electron chi connectivity index (χ0n) is 17.6. The number of nitrogens with zero attached hydrogens (tertiary/aromatic N) is 4. The van der Waals surface area contributed by atoms with E-state index in [0.717, 1.165) is 36.2 Å². The second-order valence-corrected chi connectivity index (χ2v) is 7.20. The lowest BCUT2D eigenvalue weighted by atomic mass is 10.0. The van der Waals surface area contributed by atoms with E-state index in [1.165, 1.54) is 5.56 Å². The summed E-state index contributed by atoms with van der Waals surface area (Å²) in [4.78, 5) is 19.3. The first kappa shape index (κ1) is 20.8. The van der Waals surface area contributed by atoms with Crippen molar-refractivity contribution in [3.63, 3.8) is 0 Å². The van der Waals surface area contributed by atoms with E-state index in [1.807, 2.05) is 26.1 Å². The standard InChI is InChI=1S/C22H30N6O/c1-5-28(6-2)19(12-17-10-8-7-9-11-17)15-24-22(29)25-18-13-20-16(3)26-27(4)21(20)23-14-18/h7-11,13-14,19H,5-6,12,15H2,1-4H3,(H2,24,25,29)/t19-/m0/s1. The Hall–Kier alpha value is -2.93. The minimum atomic E-state index is -0.224. The SMILES string of the molecule is CCN(CC)[C@H](CNC(=O)Nc1cnc2c(c1)c(C)nn2C)Cc1ccccc1. The van der Waals surface area contributed by atoms with Gasteiger partial charge in [-0.3, -0.25) is 9.58 Å². The molecule has 2 amide bonds. The molecule has 3 rings (SSSR count). The number of likely N-dealkylation sites (N-methyl/N-ethyl adjacent to an activating group) is 1. The molecule has 0 aliphatic carbocycles. The predicted octanol–water partition coefficient (Wildman–Crippen LogP) is 3.35. The minimum absolute atomic E-state index is 0.224. The molecular formula is C22H30N6O. The van der Waals surface area contributed by atoms with Gasteiger partial charge in [0.2, 0.25) is 0 Å². The molecule has 1 atom stereocenters. The van der Waals surface area contributed by atoms with Gasteiger partial charge in [0, 0.05) is 25.0 Å². The van der Waals surface area contributed by atoms with Crippen molar-refractivity contribution in [1.82, 2.24) is 25.0 Å². The highest BCUT2D eigenvalue weighted by molar-refractivity contribution is 5.92. The Bertz CT molecular complexity index is 949. The number of anilines is 1. The Morgan fingerprint density at radius 3 is 2.62 bits per heavy atom. The molecule has 0 aliphatic heterocycles. The highest BCUT2D eigenvalue weighted by Gasteiger charge is 2.17. The Morgan fingerprint density at radius 2 is 1.93 bits per heavy atom. The quantitative estimate of drug-likeness (QED) is 0.614. The van der Waals surface area contributed by atoms with E-state index in [1.54, 1.807) is 10.9 Å². The lowest BCUT2D eigenvalue weighted by Crippen LogP contribution is -2.46. The third-order valence-corrected chi connectivity index (χ3v) is 5.26. The summed E-state index contributed by atoms with van der Waals surface area (Å²) in [5.74, 6) is 0. The summed E-state index contributed by atoms with van der Waals surface area (Å²) in [6, 6.07) is 12.3. The number of aromatic nitrogens is 3. The third kappa shape index (κ3) is 5.12. The number of carbonyl (C=O) groups is 1. The molecule has 0 saturated carbocycles. The van der Waals surface area contributed by atoms with E-state index >= 15 is 0 Å². The number of urea groups is 1. The van der Waals surface area contributed by atoms with Gasteiger partial charge in [-0.1, -0.05) is 44.2 Å². The normalized spacial score (nSPS) is 12.3. The van der Waals surface area contributed by atoms with Gasteiger partial charge in [-0.2, -0.15) is 5.10 Å². The van der Waals surface area contributed by atoms with Crippen molar-refractivity contribution in [3.8, 4) is 0 Å². The topological polar surface area (TPSA) is 75.1 Å². The van der Waals surface area contributed by atoms with Crippen LogP contribution in [0.2, 0.25) is 0 Å². The highest BCUT2D eigenvalue weighted by Crippen LogP contribution is 2.19. The average molecular weight is 395 g/mol. The summed E-state index contributed by atoms with van der Waals surface area (Å²) < 4.78 is 1.74. The van der Waals surface area contributed by atoms with Gasteiger partial charge >= 0.3 is 6.03 Å². The Morgan fingerprint density at radius 1 is 1.21 bits per heavy atom. The molecule has 0 bridgehead atoms. The van der Waals surface area contributed by atoms with Crippen molar-refractivity contribution in [1.29, 1.82) is 0 Å². The molecule has 154 valence electrons. The summed E-state index contributed by atoms with van der Waals surface area (Å²) in [5, 5.41) is 11.2. The Balaban J connectivity index is 1.64. The van der Waals surface area contributed by atoms with Crippen LogP contribution in [0.4, 0.5) is 10.5 Å². The largest absolute Gasteiger partial charge is 0.336 e. The van der Waals surface area contributed by atoms with Crippen LogP contribution in [0.15, 0.2) is 42.6 Å². The van der Waals surface area contributed by atoms with Gasteiger partial charge in [-0.25, -0.2) is 9.78 Å². The first-order valence-corrected chi connectivity index (χ1v) is 10.1. The lowest BCUT2D eigenvalue weighted by molar-refractivity contribution is 0.207. The van der Waals surface area contributed by atoms with Gasteiger partial charge in [-0.15, -0.1) is 0 Å². The molecule has 1 aromatic carbocycles. The molecule has 2 heterocycles. The van der Waals surface area contributed by atoms with E-state index in [4.69, 9.17) is 0 Å². The molecule has 2 N–H and O–H groups in total. The third-order valence-electron chi connectivity index (χ3n) is 5.26.